The van der Waals surface area contributed by atoms with E-state index in [0.29, 0.717) is 5.56 Å². The molecule has 2 nitrogen and oxygen atoms in total. The average Bonchev–Trinajstić information content (AvgIpc) is 2.79. The molecule has 0 aliphatic carbocycles. The van der Waals surface area contributed by atoms with Crippen LogP contribution in [0.4, 0.5) is 0 Å². The smallest absolute Gasteiger partial charge is 0.339 e. The van der Waals surface area contributed by atoms with Crippen molar-refractivity contribution in [1.29, 1.82) is 0 Å². The summed E-state index contributed by atoms with van der Waals surface area (Å²) in [7, 11) is -0.914. The van der Waals surface area contributed by atoms with E-state index in [-0.39, 0.29) is 12.6 Å². The van der Waals surface area contributed by atoms with Crippen LogP contribution in [0.15, 0.2) is 110 Å². The molecule has 0 aliphatic heterocycles. The molecule has 0 radical (unpaired) electrons. The standard InChI is InChI=1S/C26H21O2P/c1-2-19-28-26(27)25-23-16-10-9-11-20(23)17-18-24(25)29(21-12-5-3-6-13-21)22-14-7-4-8-15-22/h2-18H,1,19H2. The Morgan fingerprint density at radius 1 is 0.793 bits per heavy atom. The highest BCUT2D eigenvalue weighted by atomic mass is 31.1. The van der Waals surface area contributed by atoms with Crippen LogP contribution in [0.25, 0.3) is 10.8 Å². The quantitative estimate of drug-likeness (QED) is 0.262. The van der Waals surface area contributed by atoms with Crippen LogP contribution >= 0.6 is 7.92 Å². The van der Waals surface area contributed by atoms with Crippen LogP contribution in [-0.4, -0.2) is 12.6 Å². The van der Waals surface area contributed by atoms with Crippen LogP contribution in [0.3, 0.4) is 0 Å². The van der Waals surface area contributed by atoms with Crippen molar-refractivity contribution in [1.82, 2.24) is 0 Å². The fourth-order valence-corrected chi connectivity index (χ4v) is 5.90. The average molecular weight is 396 g/mol. The van der Waals surface area contributed by atoms with Gasteiger partial charge in [0.05, 0.1) is 5.56 Å². The van der Waals surface area contributed by atoms with Crippen LogP contribution in [0.5, 0.6) is 0 Å². The van der Waals surface area contributed by atoms with Crippen LogP contribution in [-0.2, 0) is 4.74 Å². The van der Waals surface area contributed by atoms with E-state index in [1.807, 2.05) is 60.7 Å². The van der Waals surface area contributed by atoms with Gasteiger partial charge in [0, 0.05) is 5.30 Å². The summed E-state index contributed by atoms with van der Waals surface area (Å²) in [6, 6.07) is 32.9. The molecule has 0 fully saturated rings. The van der Waals surface area contributed by atoms with Crippen LogP contribution < -0.4 is 15.9 Å². The molecule has 0 amide bonds. The van der Waals surface area contributed by atoms with Crippen molar-refractivity contribution in [3.05, 3.63) is 115 Å². The molecule has 3 heteroatoms. The van der Waals surface area contributed by atoms with Crippen molar-refractivity contribution < 1.29 is 9.53 Å². The van der Waals surface area contributed by atoms with Gasteiger partial charge in [0.25, 0.3) is 0 Å². The van der Waals surface area contributed by atoms with Crippen molar-refractivity contribution >= 4 is 40.6 Å². The minimum absolute atomic E-state index is 0.191. The number of benzene rings is 4. The Morgan fingerprint density at radius 2 is 1.38 bits per heavy atom. The Morgan fingerprint density at radius 3 is 2.00 bits per heavy atom. The summed E-state index contributed by atoms with van der Waals surface area (Å²) >= 11 is 0. The highest BCUT2D eigenvalue weighted by molar-refractivity contribution is 7.80. The largest absolute Gasteiger partial charge is 0.458 e. The minimum Gasteiger partial charge on any atom is -0.458 e. The summed E-state index contributed by atoms with van der Waals surface area (Å²) in [4.78, 5) is 13.1. The van der Waals surface area contributed by atoms with Crippen LogP contribution in [0, 0.1) is 0 Å². The van der Waals surface area contributed by atoms with Gasteiger partial charge in [-0.1, -0.05) is 110 Å². The molecule has 29 heavy (non-hydrogen) atoms. The Hall–Kier alpha value is -3.22. The summed E-state index contributed by atoms with van der Waals surface area (Å²) in [6.45, 7) is 3.86. The molecule has 0 N–H and O–H groups in total. The minimum atomic E-state index is -0.914. The summed E-state index contributed by atoms with van der Waals surface area (Å²) in [5, 5.41) is 5.34. The zero-order valence-electron chi connectivity index (χ0n) is 16.0. The zero-order chi connectivity index (χ0) is 20.1. The van der Waals surface area contributed by atoms with Crippen molar-refractivity contribution in [2.45, 2.75) is 0 Å². The van der Waals surface area contributed by atoms with E-state index >= 15 is 0 Å². The predicted molar refractivity (Wildman–Crippen MR) is 123 cm³/mol. The molecular formula is C26H21O2P. The van der Waals surface area contributed by atoms with Gasteiger partial charge in [0.2, 0.25) is 0 Å². The second kappa shape index (κ2) is 8.86. The van der Waals surface area contributed by atoms with E-state index in [9.17, 15) is 4.79 Å². The predicted octanol–water partition coefficient (Wildman–Crippen LogP) is 4.94. The Bertz CT molecular complexity index is 1100. The van der Waals surface area contributed by atoms with Crippen LogP contribution in [0.1, 0.15) is 10.4 Å². The molecule has 4 aromatic rings. The van der Waals surface area contributed by atoms with E-state index in [4.69, 9.17) is 4.74 Å². The molecule has 0 aliphatic rings. The number of carbonyl (C=O) groups is 1. The molecule has 0 unspecified atom stereocenters. The second-order valence-electron chi connectivity index (χ2n) is 6.57. The Balaban J connectivity index is 1.98. The van der Waals surface area contributed by atoms with Crippen molar-refractivity contribution in [2.24, 2.45) is 0 Å². The van der Waals surface area contributed by atoms with E-state index < -0.39 is 7.92 Å². The van der Waals surface area contributed by atoms with Crippen LogP contribution in [0.2, 0.25) is 0 Å². The summed E-state index contributed by atoms with van der Waals surface area (Å²) < 4.78 is 5.50. The molecule has 0 saturated carbocycles. The lowest BCUT2D eigenvalue weighted by Gasteiger charge is -2.22. The summed E-state index contributed by atoms with van der Waals surface area (Å²) in [6.07, 6.45) is 1.60. The monoisotopic (exact) mass is 396 g/mol. The molecule has 4 rings (SSSR count). The lowest BCUT2D eigenvalue weighted by atomic mass is 10.0. The maximum atomic E-state index is 13.1. The van der Waals surface area contributed by atoms with Crippen molar-refractivity contribution in [3.63, 3.8) is 0 Å². The number of rotatable bonds is 6. The number of hydrogen-bond donors (Lipinski definition) is 0. The molecular weight excluding hydrogens is 375 g/mol. The van der Waals surface area contributed by atoms with Gasteiger partial charge in [-0.25, -0.2) is 4.79 Å². The lowest BCUT2D eigenvalue weighted by molar-refractivity contribution is 0.0553. The molecule has 0 heterocycles. The van der Waals surface area contributed by atoms with E-state index in [0.717, 1.165) is 16.1 Å². The topological polar surface area (TPSA) is 26.3 Å². The van der Waals surface area contributed by atoms with Gasteiger partial charge in [-0.05, 0) is 29.3 Å². The highest BCUT2D eigenvalue weighted by Gasteiger charge is 2.25. The lowest BCUT2D eigenvalue weighted by Crippen LogP contribution is -2.26. The number of ether oxygens (including phenoxy) is 1. The number of esters is 1. The fraction of sp³-hybridized carbons (Fsp3) is 0.0385. The Labute approximate surface area is 172 Å². The zero-order valence-corrected chi connectivity index (χ0v) is 16.9. The number of hydrogen-bond acceptors (Lipinski definition) is 2. The van der Waals surface area contributed by atoms with Gasteiger partial charge >= 0.3 is 5.97 Å². The highest BCUT2D eigenvalue weighted by Crippen LogP contribution is 2.36. The first-order valence-corrected chi connectivity index (χ1v) is 10.8. The summed E-state index contributed by atoms with van der Waals surface area (Å²) in [5.41, 5.74) is 0.642. The molecule has 0 bridgehead atoms. The first-order valence-electron chi connectivity index (χ1n) is 9.49. The van der Waals surface area contributed by atoms with Gasteiger partial charge in [-0.3, -0.25) is 0 Å². The summed E-state index contributed by atoms with van der Waals surface area (Å²) in [5.74, 6) is -0.309. The number of fused-ring (bicyclic) bond motifs is 1. The molecule has 0 saturated heterocycles. The van der Waals surface area contributed by atoms with Gasteiger partial charge < -0.3 is 4.74 Å². The first-order chi connectivity index (χ1) is 14.3. The van der Waals surface area contributed by atoms with Gasteiger partial charge in [0.15, 0.2) is 0 Å². The SMILES string of the molecule is C=CCOC(=O)c1c(P(c2ccccc2)c2ccccc2)ccc2ccccc12. The molecule has 0 spiro atoms. The van der Waals surface area contributed by atoms with Gasteiger partial charge in [-0.15, -0.1) is 0 Å². The third-order valence-corrected chi connectivity index (χ3v) is 7.20. The maximum Gasteiger partial charge on any atom is 0.339 e. The van der Waals surface area contributed by atoms with Crippen molar-refractivity contribution in [3.8, 4) is 0 Å². The fourth-order valence-electron chi connectivity index (χ4n) is 3.45. The normalized spacial score (nSPS) is 10.8. The molecule has 0 aromatic heterocycles. The maximum absolute atomic E-state index is 13.1. The third kappa shape index (κ3) is 3.99. The second-order valence-corrected chi connectivity index (χ2v) is 8.76. The Kier molecular flexibility index (Phi) is 5.84. The first kappa shape index (κ1) is 19.1. The van der Waals surface area contributed by atoms with Crippen molar-refractivity contribution in [2.75, 3.05) is 6.61 Å². The molecule has 0 atom stereocenters. The number of carbonyl (C=O) groups excluding carboxylic acids is 1. The van der Waals surface area contributed by atoms with E-state index in [1.54, 1.807) is 6.08 Å². The van der Waals surface area contributed by atoms with E-state index in [2.05, 4.69) is 43.0 Å². The molecule has 142 valence electrons. The van der Waals surface area contributed by atoms with E-state index in [1.165, 1.54) is 10.6 Å². The molecule has 4 aromatic carbocycles. The van der Waals surface area contributed by atoms with Gasteiger partial charge in [-0.2, -0.15) is 0 Å². The van der Waals surface area contributed by atoms with Gasteiger partial charge in [0.1, 0.15) is 6.61 Å². The third-order valence-electron chi connectivity index (χ3n) is 4.71.